The molecule has 3 fully saturated rings. The second-order valence-electron chi connectivity index (χ2n) is 16.1. The molecule has 7 rings (SSSR count). The number of ether oxygens (including phenoxy) is 3. The molecule has 0 aromatic heterocycles. The van der Waals surface area contributed by atoms with Crippen LogP contribution in [0.15, 0.2) is 97.1 Å². The third kappa shape index (κ3) is 14.5. The van der Waals surface area contributed by atoms with Crippen LogP contribution in [0, 0.1) is 33.5 Å². The summed E-state index contributed by atoms with van der Waals surface area (Å²) in [5, 5.41) is 39.3. The summed E-state index contributed by atoms with van der Waals surface area (Å²) < 4.78 is 42.5. The Balaban J connectivity index is 0.000000236. The van der Waals surface area contributed by atoms with Crippen LogP contribution in [0.4, 0.5) is 21.0 Å². The zero-order chi connectivity index (χ0) is 50.4. The molecule has 22 heteroatoms. The second kappa shape index (κ2) is 23.8. The van der Waals surface area contributed by atoms with Crippen molar-refractivity contribution in [3.63, 3.8) is 0 Å². The lowest BCUT2D eigenvalue weighted by Crippen LogP contribution is -2.49. The molecule has 0 aliphatic carbocycles. The first kappa shape index (κ1) is 51.4. The molecule has 3 saturated heterocycles. The summed E-state index contributed by atoms with van der Waals surface area (Å²) in [5.74, 6) is -1.41. The van der Waals surface area contributed by atoms with Crippen LogP contribution in [-0.4, -0.2) is 144 Å². The maximum atomic E-state index is 12.6. The predicted octanol–water partition coefficient (Wildman–Crippen LogP) is 3.82. The highest BCUT2D eigenvalue weighted by molar-refractivity contribution is 7.86. The van der Waals surface area contributed by atoms with Crippen LogP contribution in [0.25, 0.3) is 0 Å². The third-order valence-corrected chi connectivity index (χ3v) is 11.6. The molecular formula is C48H50N10O11S. The van der Waals surface area contributed by atoms with Crippen LogP contribution >= 0.6 is 0 Å². The van der Waals surface area contributed by atoms with Crippen LogP contribution in [0.5, 0.6) is 0 Å². The second-order valence-corrected chi connectivity index (χ2v) is 17.7. The Bertz CT molecular complexity index is 2800. The maximum absolute atomic E-state index is 12.6. The molecule has 21 nitrogen and oxygen atoms in total. The molecular weight excluding hydrogens is 925 g/mol. The van der Waals surface area contributed by atoms with Gasteiger partial charge < -0.3 is 29.7 Å². The summed E-state index contributed by atoms with van der Waals surface area (Å²) in [4.78, 5) is 68.4. The van der Waals surface area contributed by atoms with E-state index < -0.39 is 40.2 Å². The van der Waals surface area contributed by atoms with Crippen molar-refractivity contribution < 1.29 is 50.8 Å². The average molecular weight is 975 g/mol. The number of carbonyl (C=O) groups excluding carboxylic acids is 5. The fourth-order valence-corrected chi connectivity index (χ4v) is 7.80. The lowest BCUT2D eigenvalue weighted by molar-refractivity contribution is -0.143. The summed E-state index contributed by atoms with van der Waals surface area (Å²) in [6.07, 6.45) is -0.746. The van der Waals surface area contributed by atoms with Gasteiger partial charge in [-0.15, -0.1) is 0 Å². The van der Waals surface area contributed by atoms with Gasteiger partial charge in [-0.05, 0) is 91.9 Å². The number of anilines is 2. The fraction of sp³-hybridized carbons (Fsp3) is 0.312. The van der Waals surface area contributed by atoms with Gasteiger partial charge in [0.1, 0.15) is 30.5 Å². The molecule has 0 saturated carbocycles. The van der Waals surface area contributed by atoms with E-state index in [9.17, 15) is 32.4 Å². The van der Waals surface area contributed by atoms with Gasteiger partial charge >= 0.3 is 18.2 Å². The van der Waals surface area contributed by atoms with Crippen molar-refractivity contribution in [2.45, 2.75) is 25.6 Å². The molecule has 0 spiro atoms. The van der Waals surface area contributed by atoms with Gasteiger partial charge in [0.15, 0.2) is 0 Å². The fourth-order valence-electron chi connectivity index (χ4n) is 7.40. The largest absolute Gasteiger partial charge is 0.466 e. The van der Waals surface area contributed by atoms with Crippen molar-refractivity contribution in [1.29, 1.82) is 21.3 Å². The average Bonchev–Trinajstić information content (AvgIpc) is 3.93. The zero-order valence-corrected chi connectivity index (χ0v) is 39.1. The first-order chi connectivity index (χ1) is 33.5. The molecule has 4 amide bonds. The van der Waals surface area contributed by atoms with Gasteiger partial charge in [0.05, 0.1) is 55.6 Å². The van der Waals surface area contributed by atoms with Gasteiger partial charge in [-0.2, -0.15) is 18.9 Å². The van der Waals surface area contributed by atoms with E-state index in [0.29, 0.717) is 71.9 Å². The maximum Gasteiger partial charge on any atom is 0.414 e. The number of rotatable bonds is 15. The molecule has 364 valence electrons. The molecule has 2 unspecified atom stereocenters. The standard InChI is InChI=1S/C28H32N6O5.C20H18N4O6S/c1-2-38-25(35)10-11-32-12-14-33(15-13-32)18-24-19-34(28(37)39-24)23-8-6-21(7-9-23)26(30)31-27(36)22-5-3-4-20(16-22)17-29;1-31(27,28)29-12-17-11-24(20(26)30-17)16-7-5-14(6-8-16)18(22)23-19(25)15-4-2-3-13(9-15)10-21/h3-9,16,24H,2,10-15,18-19H2,1H3,(H2,30,31,36);2-9,17H,11-12H2,1H3,(H2,22,23,25). The molecule has 4 N–H and O–H groups in total. The van der Waals surface area contributed by atoms with Gasteiger partial charge in [-0.25, -0.2) is 9.59 Å². The van der Waals surface area contributed by atoms with Gasteiger partial charge in [0.2, 0.25) is 0 Å². The van der Waals surface area contributed by atoms with Crippen LogP contribution < -0.4 is 20.4 Å². The lowest BCUT2D eigenvalue weighted by atomic mass is 10.1. The Labute approximate surface area is 404 Å². The van der Waals surface area contributed by atoms with E-state index in [0.717, 1.165) is 32.4 Å². The number of nitriles is 2. The smallest absolute Gasteiger partial charge is 0.414 e. The monoisotopic (exact) mass is 974 g/mol. The van der Waals surface area contributed by atoms with E-state index in [-0.39, 0.29) is 42.5 Å². The molecule has 3 aliphatic rings. The van der Waals surface area contributed by atoms with Crippen LogP contribution in [0.3, 0.4) is 0 Å². The SMILES string of the molecule is CCOC(=O)CCN1CCN(CC2CN(c3ccc(C(=N)NC(=O)c4cccc(C#N)c4)cc3)C(=O)O2)CC1.CS(=O)(=O)OCC1CN(c2ccc(C(=N)NC(=O)c3cccc(C#N)c3)cc2)C(=O)O1. The highest BCUT2D eigenvalue weighted by atomic mass is 32.2. The van der Waals surface area contributed by atoms with E-state index in [1.807, 2.05) is 12.1 Å². The number of hydrogen-bond acceptors (Lipinski definition) is 17. The van der Waals surface area contributed by atoms with Crippen molar-refractivity contribution in [3.8, 4) is 12.1 Å². The first-order valence-electron chi connectivity index (χ1n) is 21.9. The summed E-state index contributed by atoms with van der Waals surface area (Å²) in [5.41, 5.74) is 3.25. The van der Waals surface area contributed by atoms with Crippen LogP contribution in [0.2, 0.25) is 0 Å². The Kier molecular flexibility index (Phi) is 17.5. The lowest BCUT2D eigenvalue weighted by Gasteiger charge is -2.35. The molecule has 0 radical (unpaired) electrons. The van der Waals surface area contributed by atoms with Crippen molar-refractivity contribution in [2.75, 3.05) is 81.6 Å². The Morgan fingerprint density at radius 3 is 1.61 bits per heavy atom. The van der Waals surface area contributed by atoms with Crippen molar-refractivity contribution in [1.82, 2.24) is 20.4 Å². The molecule has 70 heavy (non-hydrogen) atoms. The first-order valence-corrected chi connectivity index (χ1v) is 23.8. The molecule has 4 aromatic rings. The van der Waals surface area contributed by atoms with E-state index in [1.165, 1.54) is 23.1 Å². The minimum atomic E-state index is -3.64. The normalized spacial score (nSPS) is 16.9. The topological polar surface area (TPSA) is 289 Å². The molecule has 0 bridgehead atoms. The number of piperazine rings is 1. The number of carbonyl (C=O) groups is 5. The number of nitrogens with one attached hydrogen (secondary N) is 4. The Morgan fingerprint density at radius 1 is 0.700 bits per heavy atom. The summed E-state index contributed by atoms with van der Waals surface area (Å²) in [6.45, 7) is 7.13. The summed E-state index contributed by atoms with van der Waals surface area (Å²) >= 11 is 0. The minimum Gasteiger partial charge on any atom is -0.466 e. The Morgan fingerprint density at radius 2 is 1.16 bits per heavy atom. The number of benzene rings is 4. The van der Waals surface area contributed by atoms with Gasteiger partial charge in [0.25, 0.3) is 21.9 Å². The highest BCUT2D eigenvalue weighted by Gasteiger charge is 2.35. The Hall–Kier alpha value is -8.02. The highest BCUT2D eigenvalue weighted by Crippen LogP contribution is 2.25. The van der Waals surface area contributed by atoms with Gasteiger partial charge in [0, 0.05) is 72.9 Å². The van der Waals surface area contributed by atoms with Crippen LogP contribution in [0.1, 0.15) is 56.3 Å². The van der Waals surface area contributed by atoms with Crippen molar-refractivity contribution in [3.05, 3.63) is 130 Å². The number of amides is 4. The summed E-state index contributed by atoms with van der Waals surface area (Å²) in [6, 6.07) is 29.3. The van der Waals surface area contributed by atoms with Crippen molar-refractivity contribution >= 4 is 63.1 Å². The molecule has 4 aromatic carbocycles. The number of esters is 1. The number of cyclic esters (lactones) is 2. The number of amidine groups is 2. The zero-order valence-electron chi connectivity index (χ0n) is 38.3. The van der Waals surface area contributed by atoms with Crippen LogP contribution in [-0.2, 0) is 33.3 Å². The predicted molar refractivity (Wildman–Crippen MR) is 254 cm³/mol. The van der Waals surface area contributed by atoms with E-state index in [1.54, 1.807) is 90.7 Å². The van der Waals surface area contributed by atoms with E-state index in [4.69, 9.17) is 35.6 Å². The van der Waals surface area contributed by atoms with Gasteiger partial charge in [-0.3, -0.25) is 44.1 Å². The summed E-state index contributed by atoms with van der Waals surface area (Å²) in [7, 11) is -3.64. The van der Waals surface area contributed by atoms with E-state index in [2.05, 4.69) is 24.6 Å². The number of nitrogens with zero attached hydrogens (tertiary/aromatic N) is 6. The molecule has 3 aliphatic heterocycles. The van der Waals surface area contributed by atoms with Crippen molar-refractivity contribution in [2.24, 2.45) is 0 Å². The van der Waals surface area contributed by atoms with Gasteiger partial charge in [-0.1, -0.05) is 12.1 Å². The third-order valence-electron chi connectivity index (χ3n) is 11.0. The quantitative estimate of drug-likeness (QED) is 0.0433. The van der Waals surface area contributed by atoms with E-state index >= 15 is 0 Å². The molecule has 2 atom stereocenters. The minimum absolute atomic E-state index is 0.0859. The molecule has 3 heterocycles. The number of hydrogen-bond donors (Lipinski definition) is 4.